The Kier molecular flexibility index (Phi) is 6.83. The minimum absolute atomic E-state index is 0.199. The molecule has 38 heavy (non-hydrogen) atoms. The summed E-state index contributed by atoms with van der Waals surface area (Å²) >= 11 is 0. The standard InChI is InChI=1S/C31H22F3NO3/c1-37-27-16-6-5-11-22(27)19-38-23-13-7-12-21(17-23)28-24-14-8-15-26(31(32,33)34)29(24)35-18-25(28)30(36)20-9-3-2-4-10-20/h2-18H,19H2,1H3. The molecule has 0 atom stereocenters. The Balaban J connectivity index is 1.64. The molecule has 0 aliphatic rings. The van der Waals surface area contributed by atoms with Crippen molar-refractivity contribution in [3.8, 4) is 22.6 Å². The van der Waals surface area contributed by atoms with Crippen LogP contribution >= 0.6 is 0 Å². The maximum Gasteiger partial charge on any atom is 0.418 e. The molecule has 7 heteroatoms. The molecule has 0 N–H and O–H groups in total. The van der Waals surface area contributed by atoms with Gasteiger partial charge in [0.15, 0.2) is 5.78 Å². The fourth-order valence-corrected chi connectivity index (χ4v) is 4.40. The fourth-order valence-electron chi connectivity index (χ4n) is 4.40. The highest BCUT2D eigenvalue weighted by molar-refractivity contribution is 6.16. The average Bonchev–Trinajstić information content (AvgIpc) is 2.95. The van der Waals surface area contributed by atoms with E-state index >= 15 is 0 Å². The highest BCUT2D eigenvalue weighted by Crippen LogP contribution is 2.39. The van der Waals surface area contributed by atoms with Crippen LogP contribution in [0.3, 0.4) is 0 Å². The van der Waals surface area contributed by atoms with Crippen molar-refractivity contribution in [1.82, 2.24) is 4.98 Å². The third-order valence-corrected chi connectivity index (χ3v) is 6.19. The number of methoxy groups -OCH3 is 1. The van der Waals surface area contributed by atoms with Crippen molar-refractivity contribution in [2.75, 3.05) is 7.11 Å². The van der Waals surface area contributed by atoms with Crippen molar-refractivity contribution in [1.29, 1.82) is 0 Å². The van der Waals surface area contributed by atoms with Crippen molar-refractivity contribution < 1.29 is 27.4 Å². The predicted molar refractivity (Wildman–Crippen MR) is 139 cm³/mol. The van der Waals surface area contributed by atoms with Gasteiger partial charge in [0, 0.05) is 33.8 Å². The molecule has 0 aliphatic carbocycles. The van der Waals surface area contributed by atoms with E-state index in [1.165, 1.54) is 12.3 Å². The summed E-state index contributed by atoms with van der Waals surface area (Å²) in [5.74, 6) is 0.829. The van der Waals surface area contributed by atoms with Gasteiger partial charge in [0.1, 0.15) is 18.1 Å². The highest BCUT2D eigenvalue weighted by atomic mass is 19.4. The maximum absolute atomic E-state index is 13.8. The van der Waals surface area contributed by atoms with Gasteiger partial charge in [-0.05, 0) is 29.8 Å². The zero-order chi connectivity index (χ0) is 26.7. The normalized spacial score (nSPS) is 11.4. The molecule has 0 aliphatic heterocycles. The zero-order valence-corrected chi connectivity index (χ0v) is 20.3. The van der Waals surface area contributed by atoms with Gasteiger partial charge in [0.05, 0.1) is 18.2 Å². The zero-order valence-electron chi connectivity index (χ0n) is 20.3. The minimum atomic E-state index is -4.60. The molecule has 0 radical (unpaired) electrons. The topological polar surface area (TPSA) is 48.4 Å². The van der Waals surface area contributed by atoms with Crippen molar-refractivity contribution in [2.24, 2.45) is 0 Å². The quantitative estimate of drug-likeness (QED) is 0.209. The molecule has 1 heterocycles. The number of benzene rings is 4. The molecule has 0 bridgehead atoms. The maximum atomic E-state index is 13.8. The van der Waals surface area contributed by atoms with Crippen molar-refractivity contribution in [3.05, 3.63) is 126 Å². The lowest BCUT2D eigenvalue weighted by Gasteiger charge is -2.16. The number of pyridine rings is 1. The van der Waals surface area contributed by atoms with Gasteiger partial charge in [-0.1, -0.05) is 72.8 Å². The van der Waals surface area contributed by atoms with Crippen LogP contribution in [-0.4, -0.2) is 17.9 Å². The summed E-state index contributed by atoms with van der Waals surface area (Å²) in [6, 6.07) is 26.8. The number of ether oxygens (including phenoxy) is 2. The number of halogens is 3. The van der Waals surface area contributed by atoms with Crippen LogP contribution in [-0.2, 0) is 12.8 Å². The summed E-state index contributed by atoms with van der Waals surface area (Å²) in [5, 5.41) is 0.225. The number of aromatic nitrogens is 1. The molecule has 0 amide bonds. The first kappa shape index (κ1) is 25.0. The average molecular weight is 514 g/mol. The number of alkyl halides is 3. The number of para-hydroxylation sites is 2. The van der Waals surface area contributed by atoms with Crippen molar-refractivity contribution in [2.45, 2.75) is 12.8 Å². The number of hydrogen-bond donors (Lipinski definition) is 0. The Morgan fingerprint density at radius 3 is 2.37 bits per heavy atom. The third-order valence-electron chi connectivity index (χ3n) is 6.19. The molecule has 0 saturated carbocycles. The summed E-state index contributed by atoms with van der Waals surface area (Å²) in [7, 11) is 1.58. The largest absolute Gasteiger partial charge is 0.496 e. The van der Waals surface area contributed by atoms with Crippen LogP contribution in [0, 0.1) is 0 Å². The summed E-state index contributed by atoms with van der Waals surface area (Å²) < 4.78 is 52.9. The lowest BCUT2D eigenvalue weighted by Crippen LogP contribution is -2.09. The second-order valence-corrected chi connectivity index (χ2v) is 8.57. The van der Waals surface area contributed by atoms with E-state index in [2.05, 4.69) is 4.98 Å². The number of hydrogen-bond acceptors (Lipinski definition) is 4. The predicted octanol–water partition coefficient (Wildman–Crippen LogP) is 7.74. The fraction of sp³-hybridized carbons (Fsp3) is 0.0968. The number of rotatable bonds is 7. The van der Waals surface area contributed by atoms with Crippen LogP contribution in [0.25, 0.3) is 22.0 Å². The van der Waals surface area contributed by atoms with E-state index < -0.39 is 11.7 Å². The molecule has 5 aromatic rings. The van der Waals surface area contributed by atoms with Gasteiger partial charge in [-0.25, -0.2) is 0 Å². The summed E-state index contributed by atoms with van der Waals surface area (Å²) in [6.07, 6.45) is -3.38. The van der Waals surface area contributed by atoms with Crippen LogP contribution < -0.4 is 9.47 Å². The minimum Gasteiger partial charge on any atom is -0.496 e. The van der Waals surface area contributed by atoms with E-state index in [0.29, 0.717) is 28.2 Å². The molecule has 4 nitrogen and oxygen atoms in total. The van der Waals surface area contributed by atoms with E-state index in [1.54, 1.807) is 67.8 Å². The molecule has 0 fully saturated rings. The van der Waals surface area contributed by atoms with Gasteiger partial charge < -0.3 is 9.47 Å². The molecule has 0 spiro atoms. The van der Waals surface area contributed by atoms with Gasteiger partial charge >= 0.3 is 6.18 Å². The Bertz CT molecular complexity index is 1610. The number of fused-ring (bicyclic) bond motifs is 1. The smallest absolute Gasteiger partial charge is 0.418 e. The Morgan fingerprint density at radius 2 is 1.61 bits per heavy atom. The molecular weight excluding hydrogens is 491 g/mol. The van der Waals surface area contributed by atoms with Crippen LogP contribution in [0.1, 0.15) is 27.0 Å². The summed E-state index contributed by atoms with van der Waals surface area (Å²) in [4.78, 5) is 17.6. The Morgan fingerprint density at radius 1 is 0.868 bits per heavy atom. The van der Waals surface area contributed by atoms with Gasteiger partial charge in [-0.3, -0.25) is 9.78 Å². The van der Waals surface area contributed by atoms with E-state index in [9.17, 15) is 18.0 Å². The number of ketones is 1. The summed E-state index contributed by atoms with van der Waals surface area (Å²) in [6.45, 7) is 0.221. The van der Waals surface area contributed by atoms with Crippen LogP contribution in [0.5, 0.6) is 11.5 Å². The van der Waals surface area contributed by atoms with Gasteiger partial charge in [0.2, 0.25) is 0 Å². The van der Waals surface area contributed by atoms with Crippen molar-refractivity contribution >= 4 is 16.7 Å². The van der Waals surface area contributed by atoms with Crippen LogP contribution in [0.2, 0.25) is 0 Å². The number of nitrogens with zero attached hydrogens (tertiary/aromatic N) is 1. The molecule has 1 aromatic heterocycles. The first-order valence-electron chi connectivity index (χ1n) is 11.8. The summed E-state index contributed by atoms with van der Waals surface area (Å²) in [5.41, 5.74) is 1.25. The second-order valence-electron chi connectivity index (χ2n) is 8.57. The Hall–Kier alpha value is -4.65. The van der Waals surface area contributed by atoms with Crippen LogP contribution in [0.15, 0.2) is 103 Å². The first-order chi connectivity index (χ1) is 18.4. The molecule has 0 unspecified atom stereocenters. The Labute approximate surface area is 217 Å². The van der Waals surface area contributed by atoms with Crippen LogP contribution in [0.4, 0.5) is 13.2 Å². The van der Waals surface area contributed by atoms with E-state index in [0.717, 1.165) is 11.6 Å². The molecular formula is C31H22F3NO3. The highest BCUT2D eigenvalue weighted by Gasteiger charge is 2.34. The monoisotopic (exact) mass is 513 g/mol. The molecule has 4 aromatic carbocycles. The van der Waals surface area contributed by atoms with Gasteiger partial charge in [0.25, 0.3) is 0 Å². The molecule has 0 saturated heterocycles. The van der Waals surface area contributed by atoms with E-state index in [4.69, 9.17) is 9.47 Å². The van der Waals surface area contributed by atoms with Gasteiger partial charge in [-0.2, -0.15) is 13.2 Å². The lowest BCUT2D eigenvalue weighted by atomic mass is 9.91. The number of carbonyl (C=O) groups excluding carboxylic acids is 1. The van der Waals surface area contributed by atoms with E-state index in [1.807, 2.05) is 24.3 Å². The third kappa shape index (κ3) is 4.95. The SMILES string of the molecule is COc1ccccc1COc1cccc(-c2c(C(=O)c3ccccc3)cnc3c(C(F)(F)F)cccc23)c1. The molecule has 5 rings (SSSR count). The second kappa shape index (κ2) is 10.4. The number of carbonyl (C=O) groups is 1. The molecule has 190 valence electrons. The lowest BCUT2D eigenvalue weighted by molar-refractivity contribution is -0.136. The van der Waals surface area contributed by atoms with Gasteiger partial charge in [-0.15, -0.1) is 0 Å². The van der Waals surface area contributed by atoms with Crippen molar-refractivity contribution in [3.63, 3.8) is 0 Å². The van der Waals surface area contributed by atoms with E-state index in [-0.39, 0.29) is 28.9 Å². The first-order valence-corrected chi connectivity index (χ1v) is 11.8.